The topological polar surface area (TPSA) is 123 Å². The van der Waals surface area contributed by atoms with E-state index in [9.17, 15) is 14.4 Å². The van der Waals surface area contributed by atoms with E-state index >= 15 is 0 Å². The highest BCUT2D eigenvalue weighted by atomic mass is 16.7. The summed E-state index contributed by atoms with van der Waals surface area (Å²) in [5.74, 6) is -0.310. The van der Waals surface area contributed by atoms with Crippen LogP contribution in [0.1, 0.15) is 56.8 Å². The molecule has 0 spiro atoms. The number of carboxylic acid groups (broad SMARTS) is 1. The van der Waals surface area contributed by atoms with E-state index in [-0.39, 0.29) is 36.8 Å². The summed E-state index contributed by atoms with van der Waals surface area (Å²) >= 11 is 0. The number of carbonyl (C=O) groups excluding carboxylic acids is 2. The first-order chi connectivity index (χ1) is 16.6. The van der Waals surface area contributed by atoms with Crippen molar-refractivity contribution in [2.45, 2.75) is 70.1 Å². The zero-order valence-electron chi connectivity index (χ0n) is 20.8. The van der Waals surface area contributed by atoms with E-state index < -0.39 is 36.7 Å². The maximum atomic E-state index is 13.0. The Morgan fingerprint density at radius 2 is 1.89 bits per heavy atom. The Hall–Kier alpha value is -2.43. The molecule has 35 heavy (non-hydrogen) atoms. The van der Waals surface area contributed by atoms with Crippen LogP contribution in [0.25, 0.3) is 0 Å². The molecule has 0 radical (unpaired) electrons. The van der Waals surface area contributed by atoms with Gasteiger partial charge in [0.15, 0.2) is 5.78 Å². The minimum atomic E-state index is -1.33. The Bertz CT molecular complexity index is 958. The van der Waals surface area contributed by atoms with Gasteiger partial charge in [0.25, 0.3) is 0 Å². The molecule has 1 aromatic rings. The quantitative estimate of drug-likeness (QED) is 0.343. The third-order valence-corrected chi connectivity index (χ3v) is 8.35. The average Bonchev–Trinajstić information content (AvgIpc) is 3.18. The Labute approximate surface area is 206 Å². The van der Waals surface area contributed by atoms with Gasteiger partial charge in [-0.2, -0.15) is 0 Å². The number of rotatable bonds is 10. The third kappa shape index (κ3) is 4.97. The van der Waals surface area contributed by atoms with Crippen molar-refractivity contribution >= 4 is 24.9 Å². The molecule has 1 aromatic carbocycles. The first-order valence-electron chi connectivity index (χ1n) is 12.3. The van der Waals surface area contributed by atoms with Gasteiger partial charge in [-0.05, 0) is 43.4 Å². The number of amides is 2. The molecule has 4 fully saturated rings. The fourth-order valence-electron chi connectivity index (χ4n) is 6.18. The highest BCUT2D eigenvalue weighted by Gasteiger charge is 2.68. The summed E-state index contributed by atoms with van der Waals surface area (Å²) in [5.41, 5.74) is 0.292. The fourth-order valence-corrected chi connectivity index (χ4v) is 6.18. The van der Waals surface area contributed by atoms with Crippen molar-refractivity contribution < 1.29 is 33.5 Å². The minimum absolute atomic E-state index is 0.0491. The molecule has 4 aliphatic rings. The lowest BCUT2D eigenvalue weighted by atomic mass is 9.43. The molecule has 6 atom stereocenters. The van der Waals surface area contributed by atoms with Crippen LogP contribution < -0.4 is 10.6 Å². The standard InChI is InChI=1S/C25H35BN2O7/c1-24(2)16-12-19(24)25(3)20(13-16)34-26(35-25)21(11-10-18(29)15-8-6-5-7-9-15)28-22(30)17(14-33-4)27-23(31)32/h5-9,16-17,19-21,27H,10-14H2,1-4H3,(H,28,30)(H,31,32)/t16-,17?,19-,20+,21?,25-/m0/s1. The number of ketones is 1. The monoisotopic (exact) mass is 486 g/mol. The van der Waals surface area contributed by atoms with Crippen molar-refractivity contribution in [1.29, 1.82) is 0 Å². The van der Waals surface area contributed by atoms with Crippen LogP contribution >= 0.6 is 0 Å². The van der Waals surface area contributed by atoms with Gasteiger partial charge in [-0.15, -0.1) is 0 Å². The fraction of sp³-hybridized carbons (Fsp3) is 0.640. The molecule has 2 amide bonds. The Kier molecular flexibility index (Phi) is 7.27. The Balaban J connectivity index is 1.50. The van der Waals surface area contributed by atoms with Crippen molar-refractivity contribution in [1.82, 2.24) is 10.6 Å². The number of benzene rings is 1. The molecule has 3 N–H and O–H groups in total. The summed E-state index contributed by atoms with van der Waals surface area (Å²) in [6.45, 7) is 6.51. The highest BCUT2D eigenvalue weighted by Crippen LogP contribution is 2.65. The zero-order valence-corrected chi connectivity index (χ0v) is 20.8. The largest absolute Gasteiger partial charge is 0.481 e. The van der Waals surface area contributed by atoms with Gasteiger partial charge >= 0.3 is 13.2 Å². The van der Waals surface area contributed by atoms with Crippen LogP contribution in [0.4, 0.5) is 4.79 Å². The van der Waals surface area contributed by atoms with Gasteiger partial charge in [0.2, 0.25) is 5.91 Å². The lowest BCUT2D eigenvalue weighted by Gasteiger charge is -2.64. The van der Waals surface area contributed by atoms with E-state index in [1.165, 1.54) is 7.11 Å². The number of methoxy groups -OCH3 is 1. The molecule has 190 valence electrons. The van der Waals surface area contributed by atoms with E-state index in [1.807, 2.05) is 18.2 Å². The molecule has 2 bridgehead atoms. The summed E-state index contributed by atoms with van der Waals surface area (Å²) in [6.07, 6.45) is 1.05. The molecular formula is C25H35BN2O7. The molecular weight excluding hydrogens is 451 g/mol. The maximum Gasteiger partial charge on any atom is 0.481 e. The van der Waals surface area contributed by atoms with Crippen LogP contribution in [-0.4, -0.2) is 67.4 Å². The predicted octanol–water partition coefficient (Wildman–Crippen LogP) is 2.68. The van der Waals surface area contributed by atoms with Crippen molar-refractivity contribution in [3.8, 4) is 0 Å². The van der Waals surface area contributed by atoms with Crippen LogP contribution in [0.5, 0.6) is 0 Å². The Morgan fingerprint density at radius 1 is 1.17 bits per heavy atom. The second-order valence-electron chi connectivity index (χ2n) is 10.7. The third-order valence-electron chi connectivity index (χ3n) is 8.35. The molecule has 10 heteroatoms. The molecule has 2 unspecified atom stereocenters. The van der Waals surface area contributed by atoms with Crippen LogP contribution in [0.15, 0.2) is 30.3 Å². The van der Waals surface area contributed by atoms with Gasteiger partial charge < -0.3 is 29.8 Å². The van der Waals surface area contributed by atoms with E-state index in [2.05, 4.69) is 31.4 Å². The second-order valence-corrected chi connectivity index (χ2v) is 10.7. The predicted molar refractivity (Wildman–Crippen MR) is 129 cm³/mol. The number of hydrogen-bond donors (Lipinski definition) is 3. The number of hydrogen-bond acceptors (Lipinski definition) is 6. The van der Waals surface area contributed by atoms with Gasteiger partial charge in [-0.3, -0.25) is 9.59 Å². The lowest BCUT2D eigenvalue weighted by molar-refractivity contribution is -0.199. The molecule has 0 aromatic heterocycles. The van der Waals surface area contributed by atoms with Crippen molar-refractivity contribution in [3.05, 3.63) is 35.9 Å². The van der Waals surface area contributed by atoms with Gasteiger partial charge in [-0.25, -0.2) is 4.79 Å². The highest BCUT2D eigenvalue weighted by molar-refractivity contribution is 6.48. The molecule has 1 saturated heterocycles. The van der Waals surface area contributed by atoms with E-state index in [0.29, 0.717) is 17.4 Å². The maximum absolute atomic E-state index is 13.0. The smallest absolute Gasteiger partial charge is 0.465 e. The van der Waals surface area contributed by atoms with Crippen LogP contribution in [0, 0.1) is 17.3 Å². The van der Waals surface area contributed by atoms with E-state index in [0.717, 1.165) is 12.8 Å². The molecule has 5 rings (SSSR count). The van der Waals surface area contributed by atoms with Gasteiger partial charge in [0.05, 0.1) is 24.3 Å². The molecule has 9 nitrogen and oxygen atoms in total. The van der Waals surface area contributed by atoms with Gasteiger partial charge in [0.1, 0.15) is 6.04 Å². The molecule has 1 heterocycles. The Morgan fingerprint density at radius 3 is 2.51 bits per heavy atom. The van der Waals surface area contributed by atoms with Crippen LogP contribution in [-0.2, 0) is 18.8 Å². The summed E-state index contributed by atoms with van der Waals surface area (Å²) in [5, 5.41) is 14.2. The summed E-state index contributed by atoms with van der Waals surface area (Å²) in [7, 11) is 0.656. The summed E-state index contributed by atoms with van der Waals surface area (Å²) in [6, 6.07) is 7.88. The normalized spacial score (nSPS) is 29.9. The summed E-state index contributed by atoms with van der Waals surface area (Å²) in [4.78, 5) is 37.0. The van der Waals surface area contributed by atoms with Gasteiger partial charge in [-0.1, -0.05) is 44.2 Å². The average molecular weight is 486 g/mol. The zero-order chi connectivity index (χ0) is 25.4. The summed E-state index contributed by atoms with van der Waals surface area (Å²) < 4.78 is 17.9. The molecule has 3 aliphatic carbocycles. The minimum Gasteiger partial charge on any atom is -0.465 e. The number of Topliss-reactive ketones (excluding diaryl/α,β-unsaturated/α-hetero) is 1. The van der Waals surface area contributed by atoms with Crippen molar-refractivity contribution in [2.24, 2.45) is 17.3 Å². The number of nitrogens with one attached hydrogen (secondary N) is 2. The number of ether oxygens (including phenoxy) is 1. The lowest BCUT2D eigenvalue weighted by Crippen LogP contribution is -2.65. The van der Waals surface area contributed by atoms with E-state index in [1.54, 1.807) is 12.1 Å². The van der Waals surface area contributed by atoms with Crippen LogP contribution in [0.2, 0.25) is 0 Å². The molecule has 1 aliphatic heterocycles. The van der Waals surface area contributed by atoms with Crippen molar-refractivity contribution in [3.63, 3.8) is 0 Å². The van der Waals surface area contributed by atoms with Gasteiger partial charge in [0, 0.05) is 19.1 Å². The number of carbonyl (C=O) groups is 3. The first-order valence-corrected chi connectivity index (χ1v) is 12.3. The second kappa shape index (κ2) is 9.91. The molecule has 3 saturated carbocycles. The van der Waals surface area contributed by atoms with Crippen molar-refractivity contribution in [2.75, 3.05) is 13.7 Å². The SMILES string of the molecule is COCC(NC(=O)O)C(=O)NC(CCC(=O)c1ccccc1)B1O[C@@H]2C[C@@H]3C[C@@H](C3(C)C)[C@]2(C)O1. The van der Waals surface area contributed by atoms with E-state index in [4.69, 9.17) is 19.2 Å². The first kappa shape index (κ1) is 25.7. The van der Waals surface area contributed by atoms with Crippen LogP contribution in [0.3, 0.4) is 0 Å².